The average molecular weight is 493 g/mol. The molecule has 0 aliphatic carbocycles. The van der Waals surface area contributed by atoms with Crippen LogP contribution in [0.4, 0.5) is 11.4 Å². The summed E-state index contributed by atoms with van der Waals surface area (Å²) in [5, 5.41) is 24.8. The molecule has 0 atom stereocenters. The minimum Gasteiger partial charge on any atom is -0.494 e. The first-order valence-electron chi connectivity index (χ1n) is 11.0. The van der Waals surface area contributed by atoms with Gasteiger partial charge < -0.3 is 14.8 Å². The van der Waals surface area contributed by atoms with Gasteiger partial charge >= 0.3 is 5.97 Å². The van der Waals surface area contributed by atoms with Crippen molar-refractivity contribution >= 4 is 40.1 Å². The molecule has 1 N–H and O–H groups in total. The number of carbonyl (C=O) groups is 2. The summed E-state index contributed by atoms with van der Waals surface area (Å²) in [6.07, 6.45) is 1.29. The SMILES string of the molecule is COc1cc([N+](=O)[O-])ccc1NC(=O)/C(C#N)=C/c1ccccc1OC(=O)c1cccc2ccccc12. The molecule has 0 unspecified atom stereocenters. The molecule has 0 radical (unpaired) electrons. The van der Waals surface area contributed by atoms with Crippen LogP contribution < -0.4 is 14.8 Å². The van der Waals surface area contributed by atoms with Gasteiger partial charge in [-0.05, 0) is 35.0 Å². The summed E-state index contributed by atoms with van der Waals surface area (Å²) in [4.78, 5) is 36.3. The number of benzene rings is 4. The summed E-state index contributed by atoms with van der Waals surface area (Å²) in [6, 6.07) is 24.7. The number of non-ortho nitro benzene ring substituents is 1. The second-order valence-corrected chi connectivity index (χ2v) is 7.72. The number of amides is 1. The fraction of sp³-hybridized carbons (Fsp3) is 0.0357. The number of carbonyl (C=O) groups excluding carboxylic acids is 2. The molecule has 9 nitrogen and oxygen atoms in total. The summed E-state index contributed by atoms with van der Waals surface area (Å²) in [7, 11) is 1.30. The molecule has 0 spiro atoms. The van der Waals surface area contributed by atoms with Crippen molar-refractivity contribution < 1.29 is 24.0 Å². The molecule has 0 aromatic heterocycles. The van der Waals surface area contributed by atoms with Crippen molar-refractivity contribution in [2.24, 2.45) is 0 Å². The van der Waals surface area contributed by atoms with E-state index in [0.717, 1.165) is 16.8 Å². The van der Waals surface area contributed by atoms with Gasteiger partial charge in [-0.2, -0.15) is 5.26 Å². The Kier molecular flexibility index (Phi) is 7.21. The lowest BCUT2D eigenvalue weighted by Crippen LogP contribution is -2.14. The van der Waals surface area contributed by atoms with Crippen LogP contribution in [0, 0.1) is 21.4 Å². The number of nitrogens with one attached hydrogen (secondary N) is 1. The molecule has 0 saturated heterocycles. The largest absolute Gasteiger partial charge is 0.494 e. The van der Waals surface area contributed by atoms with E-state index < -0.39 is 16.8 Å². The number of nitrogens with zero attached hydrogens (tertiary/aromatic N) is 2. The van der Waals surface area contributed by atoms with Crippen molar-refractivity contribution in [3.8, 4) is 17.6 Å². The van der Waals surface area contributed by atoms with Crippen LogP contribution in [0.5, 0.6) is 11.5 Å². The zero-order valence-electron chi connectivity index (χ0n) is 19.5. The third-order valence-electron chi connectivity index (χ3n) is 5.44. The maximum atomic E-state index is 13.0. The number of rotatable bonds is 7. The number of hydrogen-bond donors (Lipinski definition) is 1. The molecule has 182 valence electrons. The highest BCUT2D eigenvalue weighted by molar-refractivity contribution is 6.10. The monoisotopic (exact) mass is 493 g/mol. The summed E-state index contributed by atoms with van der Waals surface area (Å²) in [6.45, 7) is 0. The first kappa shape index (κ1) is 24.6. The first-order valence-corrected chi connectivity index (χ1v) is 11.0. The Bertz CT molecular complexity index is 1600. The van der Waals surface area contributed by atoms with E-state index in [1.807, 2.05) is 36.4 Å². The minimum atomic E-state index is -0.773. The third kappa shape index (κ3) is 5.44. The summed E-state index contributed by atoms with van der Waals surface area (Å²) in [5.74, 6) is -1.14. The Morgan fingerprint density at radius 2 is 1.70 bits per heavy atom. The van der Waals surface area contributed by atoms with E-state index in [1.54, 1.807) is 36.4 Å². The molecule has 37 heavy (non-hydrogen) atoms. The van der Waals surface area contributed by atoms with Crippen molar-refractivity contribution in [2.45, 2.75) is 0 Å². The van der Waals surface area contributed by atoms with Crippen molar-refractivity contribution in [1.82, 2.24) is 0 Å². The van der Waals surface area contributed by atoms with E-state index in [9.17, 15) is 25.0 Å². The maximum Gasteiger partial charge on any atom is 0.344 e. The van der Waals surface area contributed by atoms with Crippen LogP contribution in [-0.4, -0.2) is 23.9 Å². The fourth-order valence-electron chi connectivity index (χ4n) is 3.64. The normalized spacial score (nSPS) is 10.9. The van der Waals surface area contributed by atoms with Gasteiger partial charge in [0.1, 0.15) is 23.1 Å². The van der Waals surface area contributed by atoms with Gasteiger partial charge in [0.05, 0.1) is 29.4 Å². The third-order valence-corrected chi connectivity index (χ3v) is 5.44. The fourth-order valence-corrected chi connectivity index (χ4v) is 3.64. The van der Waals surface area contributed by atoms with E-state index in [1.165, 1.54) is 25.3 Å². The van der Waals surface area contributed by atoms with Crippen LogP contribution in [0.15, 0.2) is 90.5 Å². The van der Waals surface area contributed by atoms with Crippen molar-refractivity contribution in [3.63, 3.8) is 0 Å². The van der Waals surface area contributed by atoms with E-state index in [2.05, 4.69) is 5.32 Å². The Balaban J connectivity index is 1.60. The molecule has 4 aromatic rings. The molecule has 0 fully saturated rings. The minimum absolute atomic E-state index is 0.0595. The summed E-state index contributed by atoms with van der Waals surface area (Å²) >= 11 is 0. The van der Waals surface area contributed by atoms with Gasteiger partial charge in [0.25, 0.3) is 11.6 Å². The average Bonchev–Trinajstić information content (AvgIpc) is 2.92. The van der Waals surface area contributed by atoms with Gasteiger partial charge in [-0.3, -0.25) is 14.9 Å². The smallest absolute Gasteiger partial charge is 0.344 e. The lowest BCUT2D eigenvalue weighted by atomic mass is 10.0. The first-order chi connectivity index (χ1) is 17.9. The standard InChI is InChI=1S/C28H19N3O6/c1-36-26-16-21(31(34)35)13-14-24(26)30-27(32)20(17-29)15-19-8-3-5-12-25(19)37-28(33)23-11-6-9-18-7-2-4-10-22(18)23/h2-16H,1H3,(H,30,32)/b20-15+. The number of ether oxygens (including phenoxy) is 2. The Morgan fingerprint density at radius 1 is 0.973 bits per heavy atom. The number of hydrogen-bond acceptors (Lipinski definition) is 7. The maximum absolute atomic E-state index is 13.0. The van der Waals surface area contributed by atoms with Crippen LogP contribution in [0.25, 0.3) is 16.8 Å². The second-order valence-electron chi connectivity index (χ2n) is 7.72. The van der Waals surface area contributed by atoms with Crippen molar-refractivity contribution in [1.29, 1.82) is 5.26 Å². The highest BCUT2D eigenvalue weighted by Crippen LogP contribution is 2.30. The molecule has 4 rings (SSSR count). The van der Waals surface area contributed by atoms with E-state index in [-0.39, 0.29) is 28.4 Å². The zero-order chi connectivity index (χ0) is 26.4. The molecule has 4 aromatic carbocycles. The van der Waals surface area contributed by atoms with Gasteiger partial charge in [-0.25, -0.2) is 4.79 Å². The highest BCUT2D eigenvalue weighted by atomic mass is 16.6. The topological polar surface area (TPSA) is 132 Å². The number of fused-ring (bicyclic) bond motifs is 1. The summed E-state index contributed by atoms with van der Waals surface area (Å²) in [5.41, 5.74) is 0.357. The van der Waals surface area contributed by atoms with Gasteiger partial charge in [0, 0.05) is 11.6 Å². The van der Waals surface area contributed by atoms with Crippen LogP contribution in [0.3, 0.4) is 0 Å². The number of nitro benzene ring substituents is 1. The molecule has 9 heteroatoms. The number of methoxy groups -OCH3 is 1. The second kappa shape index (κ2) is 10.8. The lowest BCUT2D eigenvalue weighted by molar-refractivity contribution is -0.384. The quantitative estimate of drug-likeness (QED) is 0.0895. The van der Waals surface area contributed by atoms with E-state index >= 15 is 0 Å². The van der Waals surface area contributed by atoms with Gasteiger partial charge in [-0.1, -0.05) is 54.6 Å². The highest BCUT2D eigenvalue weighted by Gasteiger charge is 2.18. The molecule has 0 saturated carbocycles. The predicted octanol–water partition coefficient (Wildman–Crippen LogP) is 5.52. The number of nitro groups is 1. The number of nitriles is 1. The van der Waals surface area contributed by atoms with E-state index in [4.69, 9.17) is 9.47 Å². The van der Waals surface area contributed by atoms with Crippen molar-refractivity contribution in [2.75, 3.05) is 12.4 Å². The molecule has 0 aliphatic rings. The van der Waals surface area contributed by atoms with Crippen LogP contribution in [0.1, 0.15) is 15.9 Å². The van der Waals surface area contributed by atoms with Gasteiger partial charge in [0.15, 0.2) is 0 Å². The van der Waals surface area contributed by atoms with Gasteiger partial charge in [0.2, 0.25) is 0 Å². The predicted molar refractivity (Wildman–Crippen MR) is 137 cm³/mol. The number of esters is 1. The number of para-hydroxylation sites is 1. The van der Waals surface area contributed by atoms with Crippen LogP contribution >= 0.6 is 0 Å². The van der Waals surface area contributed by atoms with Crippen LogP contribution in [-0.2, 0) is 4.79 Å². The Hall–Kier alpha value is -5.49. The lowest BCUT2D eigenvalue weighted by Gasteiger charge is -2.11. The molecule has 0 bridgehead atoms. The molecule has 0 aliphatic heterocycles. The van der Waals surface area contributed by atoms with E-state index in [0.29, 0.717) is 11.1 Å². The molecule has 1 amide bonds. The molecular formula is C28H19N3O6. The van der Waals surface area contributed by atoms with Crippen LogP contribution in [0.2, 0.25) is 0 Å². The molecule has 0 heterocycles. The van der Waals surface area contributed by atoms with Gasteiger partial charge in [-0.15, -0.1) is 0 Å². The zero-order valence-corrected chi connectivity index (χ0v) is 19.5. The van der Waals surface area contributed by atoms with Crippen molar-refractivity contribution in [3.05, 3.63) is 112 Å². The number of anilines is 1. The Labute approximate surface area is 211 Å². The molecular weight excluding hydrogens is 474 g/mol. The Morgan fingerprint density at radius 3 is 2.46 bits per heavy atom. The summed E-state index contributed by atoms with van der Waals surface area (Å²) < 4.78 is 10.8.